The Balaban J connectivity index is 1.91. The van der Waals surface area contributed by atoms with Crippen LogP contribution in [0.2, 0.25) is 0 Å². The quantitative estimate of drug-likeness (QED) is 0.894. The first-order chi connectivity index (χ1) is 9.97. The van der Waals surface area contributed by atoms with Gasteiger partial charge in [0.15, 0.2) is 5.82 Å². The number of nitrogens with one attached hydrogen (secondary N) is 1. The average molecular weight is 294 g/mol. The zero-order valence-electron chi connectivity index (χ0n) is 12.8. The van der Waals surface area contributed by atoms with Gasteiger partial charge in [-0.25, -0.2) is 0 Å². The van der Waals surface area contributed by atoms with E-state index in [2.05, 4.69) is 15.4 Å². The molecule has 1 aromatic heterocycles. The fourth-order valence-electron chi connectivity index (χ4n) is 2.46. The maximum absolute atomic E-state index is 12.2. The number of amides is 2. The number of aromatic nitrogens is 1. The fraction of sp³-hybridized carbons (Fsp3) is 0.643. The van der Waals surface area contributed by atoms with Gasteiger partial charge in [0.1, 0.15) is 5.76 Å². The van der Waals surface area contributed by atoms with Crippen LogP contribution in [0.25, 0.3) is 0 Å². The van der Waals surface area contributed by atoms with Crippen LogP contribution in [0.15, 0.2) is 10.6 Å². The van der Waals surface area contributed by atoms with Crippen LogP contribution in [0.1, 0.15) is 26.0 Å². The van der Waals surface area contributed by atoms with Crippen LogP contribution in [0.5, 0.6) is 0 Å². The summed E-state index contributed by atoms with van der Waals surface area (Å²) in [4.78, 5) is 27.6. The second kappa shape index (κ2) is 6.71. The molecule has 1 fully saturated rings. The zero-order valence-corrected chi connectivity index (χ0v) is 12.8. The summed E-state index contributed by atoms with van der Waals surface area (Å²) < 4.78 is 4.93. The zero-order chi connectivity index (χ0) is 15.4. The molecule has 21 heavy (non-hydrogen) atoms. The molecule has 0 aromatic carbocycles. The van der Waals surface area contributed by atoms with Crippen molar-refractivity contribution in [3.63, 3.8) is 0 Å². The van der Waals surface area contributed by atoms with E-state index in [-0.39, 0.29) is 17.9 Å². The van der Waals surface area contributed by atoms with E-state index >= 15 is 0 Å². The Morgan fingerprint density at radius 3 is 2.71 bits per heavy atom. The highest BCUT2D eigenvalue weighted by Gasteiger charge is 2.25. The molecule has 1 N–H and O–H groups in total. The number of carbonyl (C=O) groups is 2. The van der Waals surface area contributed by atoms with E-state index in [4.69, 9.17) is 4.52 Å². The maximum Gasteiger partial charge on any atom is 0.242 e. The van der Waals surface area contributed by atoms with Crippen molar-refractivity contribution in [2.24, 2.45) is 0 Å². The summed E-state index contributed by atoms with van der Waals surface area (Å²) in [5, 5.41) is 6.51. The van der Waals surface area contributed by atoms with Gasteiger partial charge in [0.2, 0.25) is 11.8 Å². The van der Waals surface area contributed by atoms with Crippen molar-refractivity contribution in [2.45, 2.75) is 33.2 Å². The van der Waals surface area contributed by atoms with E-state index in [0.29, 0.717) is 24.7 Å². The molecule has 0 radical (unpaired) electrons. The molecule has 1 aliphatic heterocycles. The van der Waals surface area contributed by atoms with Crippen molar-refractivity contribution in [1.82, 2.24) is 15.0 Å². The fourth-order valence-corrected chi connectivity index (χ4v) is 2.46. The molecule has 0 spiro atoms. The smallest absolute Gasteiger partial charge is 0.242 e. The average Bonchev–Trinajstić information content (AvgIpc) is 2.71. The number of carbonyl (C=O) groups excluding carboxylic acids is 2. The largest absolute Gasteiger partial charge is 0.360 e. The van der Waals surface area contributed by atoms with E-state index in [0.717, 1.165) is 19.5 Å². The Morgan fingerprint density at radius 2 is 2.10 bits per heavy atom. The minimum Gasteiger partial charge on any atom is -0.360 e. The lowest BCUT2D eigenvalue weighted by molar-refractivity contribution is -0.128. The second-order valence-corrected chi connectivity index (χ2v) is 5.38. The molecule has 1 saturated heterocycles. The summed E-state index contributed by atoms with van der Waals surface area (Å²) in [5.41, 5.74) is 0. The third kappa shape index (κ3) is 4.04. The van der Waals surface area contributed by atoms with Gasteiger partial charge in [-0.1, -0.05) is 5.16 Å². The monoisotopic (exact) mass is 294 g/mol. The Hall–Kier alpha value is -1.89. The molecule has 0 saturated carbocycles. The van der Waals surface area contributed by atoms with Gasteiger partial charge in [-0.2, -0.15) is 0 Å². The van der Waals surface area contributed by atoms with Gasteiger partial charge in [-0.15, -0.1) is 0 Å². The highest BCUT2D eigenvalue weighted by Crippen LogP contribution is 2.11. The lowest BCUT2D eigenvalue weighted by atomic mass is 10.2. The minimum absolute atomic E-state index is 0.0898. The van der Waals surface area contributed by atoms with Crippen molar-refractivity contribution < 1.29 is 14.1 Å². The second-order valence-electron chi connectivity index (χ2n) is 5.38. The summed E-state index contributed by atoms with van der Waals surface area (Å²) in [6.07, 6.45) is 0.875. The molecule has 1 aromatic rings. The van der Waals surface area contributed by atoms with Crippen LogP contribution in [0, 0.1) is 6.92 Å². The first kappa shape index (κ1) is 15.5. The first-order valence-electron chi connectivity index (χ1n) is 7.21. The number of hydrogen-bond donors (Lipinski definition) is 1. The lowest BCUT2D eigenvalue weighted by Crippen LogP contribution is -2.44. The van der Waals surface area contributed by atoms with E-state index in [1.165, 1.54) is 0 Å². The van der Waals surface area contributed by atoms with Crippen LogP contribution in [0.3, 0.4) is 0 Å². The normalized spacial score (nSPS) is 18.1. The highest BCUT2D eigenvalue weighted by molar-refractivity contribution is 5.93. The number of rotatable bonds is 3. The molecule has 0 aliphatic carbocycles. The van der Waals surface area contributed by atoms with Gasteiger partial charge in [0, 0.05) is 39.2 Å². The molecule has 7 nitrogen and oxygen atoms in total. The Kier molecular flexibility index (Phi) is 4.95. The van der Waals surface area contributed by atoms with Crippen LogP contribution >= 0.6 is 0 Å². The summed E-state index contributed by atoms with van der Waals surface area (Å²) in [7, 11) is 0. The number of anilines is 1. The van der Waals surface area contributed by atoms with Crippen LogP contribution < -0.4 is 5.32 Å². The SMILES string of the molecule is CC(=O)N1CCCN(C(C)C(=O)Nc2cc(C)on2)CC1. The molecule has 1 atom stereocenters. The predicted molar refractivity (Wildman–Crippen MR) is 77.8 cm³/mol. The summed E-state index contributed by atoms with van der Waals surface area (Å²) in [5.74, 6) is 1.07. The molecule has 116 valence electrons. The minimum atomic E-state index is -0.270. The van der Waals surface area contributed by atoms with Gasteiger partial charge in [-0.05, 0) is 20.3 Å². The summed E-state index contributed by atoms with van der Waals surface area (Å²) >= 11 is 0. The standard InChI is InChI=1S/C14H22N4O3/c1-10-9-13(16-21-10)15-14(20)11(2)17-5-4-6-18(8-7-17)12(3)19/h9,11H,4-8H2,1-3H3,(H,15,16,20). The Labute approximate surface area is 124 Å². The molecule has 0 bridgehead atoms. The van der Waals surface area contributed by atoms with E-state index < -0.39 is 0 Å². The van der Waals surface area contributed by atoms with Gasteiger partial charge in [0.05, 0.1) is 6.04 Å². The summed E-state index contributed by atoms with van der Waals surface area (Å²) in [6, 6.07) is 1.42. The van der Waals surface area contributed by atoms with Gasteiger partial charge < -0.3 is 14.7 Å². The van der Waals surface area contributed by atoms with Crippen LogP contribution in [-0.2, 0) is 9.59 Å². The van der Waals surface area contributed by atoms with Crippen molar-refractivity contribution >= 4 is 17.6 Å². The van der Waals surface area contributed by atoms with Crippen LogP contribution in [-0.4, -0.2) is 59.0 Å². The topological polar surface area (TPSA) is 78.7 Å². The third-order valence-corrected chi connectivity index (χ3v) is 3.78. The highest BCUT2D eigenvalue weighted by atomic mass is 16.5. The van der Waals surface area contributed by atoms with E-state index in [1.54, 1.807) is 19.9 Å². The Bertz CT molecular complexity index is 514. The lowest BCUT2D eigenvalue weighted by Gasteiger charge is -2.26. The molecule has 7 heteroatoms. The van der Waals surface area contributed by atoms with Crippen molar-refractivity contribution in [3.8, 4) is 0 Å². The molecule has 2 amide bonds. The van der Waals surface area contributed by atoms with Crippen molar-refractivity contribution in [1.29, 1.82) is 0 Å². The van der Waals surface area contributed by atoms with Gasteiger partial charge in [-0.3, -0.25) is 14.5 Å². The third-order valence-electron chi connectivity index (χ3n) is 3.78. The Morgan fingerprint density at radius 1 is 1.33 bits per heavy atom. The maximum atomic E-state index is 12.2. The molecule has 1 unspecified atom stereocenters. The van der Waals surface area contributed by atoms with E-state index in [9.17, 15) is 9.59 Å². The van der Waals surface area contributed by atoms with Gasteiger partial charge in [0.25, 0.3) is 0 Å². The number of nitrogens with zero attached hydrogens (tertiary/aromatic N) is 3. The number of hydrogen-bond acceptors (Lipinski definition) is 5. The summed E-state index contributed by atoms with van der Waals surface area (Å²) in [6.45, 7) is 8.14. The number of aryl methyl sites for hydroxylation is 1. The predicted octanol–water partition coefficient (Wildman–Crippen LogP) is 0.864. The first-order valence-corrected chi connectivity index (χ1v) is 7.21. The molecular formula is C14H22N4O3. The molecule has 1 aliphatic rings. The molecular weight excluding hydrogens is 272 g/mol. The molecule has 2 heterocycles. The van der Waals surface area contributed by atoms with Gasteiger partial charge >= 0.3 is 0 Å². The van der Waals surface area contributed by atoms with Crippen molar-refractivity contribution in [2.75, 3.05) is 31.5 Å². The van der Waals surface area contributed by atoms with Crippen LogP contribution in [0.4, 0.5) is 5.82 Å². The van der Waals surface area contributed by atoms with E-state index in [1.807, 2.05) is 11.8 Å². The molecule has 2 rings (SSSR count). The van der Waals surface area contributed by atoms with Crippen molar-refractivity contribution in [3.05, 3.63) is 11.8 Å².